The lowest BCUT2D eigenvalue weighted by atomic mass is 9.81. The minimum Gasteiger partial charge on any atom is -0.285 e. The van der Waals surface area contributed by atoms with Gasteiger partial charge in [-0.3, -0.25) is 14.5 Å². The fourth-order valence-corrected chi connectivity index (χ4v) is 2.33. The van der Waals surface area contributed by atoms with Crippen LogP contribution in [0.3, 0.4) is 0 Å². The van der Waals surface area contributed by atoms with Crippen LogP contribution < -0.4 is 0 Å². The number of likely N-dealkylation sites (tertiary alicyclic amines) is 1. The highest BCUT2D eigenvalue weighted by molar-refractivity contribution is 6.04. The molecule has 2 rings (SSSR count). The van der Waals surface area contributed by atoms with Gasteiger partial charge in [0.05, 0.1) is 11.8 Å². The maximum atomic E-state index is 11.5. The van der Waals surface area contributed by atoms with Crippen molar-refractivity contribution < 1.29 is 9.59 Å². The van der Waals surface area contributed by atoms with E-state index in [9.17, 15) is 9.59 Å². The molecule has 1 aliphatic carbocycles. The number of rotatable bonds is 0. The first kappa shape index (κ1) is 7.77. The van der Waals surface area contributed by atoms with Gasteiger partial charge in [-0.2, -0.15) is 0 Å². The summed E-state index contributed by atoms with van der Waals surface area (Å²) in [6.45, 7) is 0. The Balaban J connectivity index is 2.25. The molecule has 0 N–H and O–H groups in total. The molecule has 1 saturated carbocycles. The number of hydrogen-bond donors (Lipinski definition) is 0. The fourth-order valence-electron chi connectivity index (χ4n) is 2.33. The van der Waals surface area contributed by atoms with Gasteiger partial charge >= 0.3 is 0 Å². The van der Waals surface area contributed by atoms with E-state index in [0.717, 1.165) is 25.7 Å². The van der Waals surface area contributed by atoms with Gasteiger partial charge in [-0.25, -0.2) is 0 Å². The zero-order chi connectivity index (χ0) is 8.72. The second-order valence-electron chi connectivity index (χ2n) is 3.73. The predicted octanol–water partition coefficient (Wildman–Crippen LogP) is 0.791. The van der Waals surface area contributed by atoms with Crippen molar-refractivity contribution in [2.45, 2.75) is 25.7 Å². The molecule has 2 fully saturated rings. The van der Waals surface area contributed by atoms with Crippen molar-refractivity contribution in [3.63, 3.8) is 0 Å². The van der Waals surface area contributed by atoms with Gasteiger partial charge < -0.3 is 0 Å². The van der Waals surface area contributed by atoms with Gasteiger partial charge in [-0.05, 0) is 12.8 Å². The van der Waals surface area contributed by atoms with E-state index >= 15 is 0 Å². The molecule has 0 aromatic rings. The van der Waals surface area contributed by atoms with Gasteiger partial charge in [0.2, 0.25) is 11.8 Å². The fraction of sp³-hybridized carbons (Fsp3) is 0.778. The van der Waals surface area contributed by atoms with Gasteiger partial charge in [0.25, 0.3) is 0 Å². The molecule has 66 valence electrons. The standard InChI is InChI=1S/C9H13NO2/c1-10-8(11)6-4-2-3-5-7(6)9(10)12/h6-7H,2-5H2,1H3/t6-,7-/m0/s1. The topological polar surface area (TPSA) is 37.4 Å². The monoisotopic (exact) mass is 167 g/mol. The summed E-state index contributed by atoms with van der Waals surface area (Å²) < 4.78 is 0. The molecular formula is C9H13NO2. The van der Waals surface area contributed by atoms with Gasteiger partial charge in [0.1, 0.15) is 0 Å². The second-order valence-corrected chi connectivity index (χ2v) is 3.73. The molecule has 0 unspecified atom stereocenters. The van der Waals surface area contributed by atoms with Crippen molar-refractivity contribution >= 4 is 11.8 Å². The molecule has 0 aromatic heterocycles. The Kier molecular flexibility index (Phi) is 1.67. The summed E-state index contributed by atoms with van der Waals surface area (Å²) in [5.41, 5.74) is 0. The van der Waals surface area contributed by atoms with Crippen LogP contribution in [0.25, 0.3) is 0 Å². The summed E-state index contributed by atoms with van der Waals surface area (Å²) in [6, 6.07) is 0. The SMILES string of the molecule is CN1C(=O)[C@H]2CCCC[C@@H]2C1=O. The van der Waals surface area contributed by atoms with Gasteiger partial charge in [0, 0.05) is 7.05 Å². The lowest BCUT2D eigenvalue weighted by Crippen LogP contribution is -2.25. The molecule has 2 atom stereocenters. The van der Waals surface area contributed by atoms with Crippen LogP contribution in [-0.4, -0.2) is 23.8 Å². The summed E-state index contributed by atoms with van der Waals surface area (Å²) in [5.74, 6) is 0.141. The largest absolute Gasteiger partial charge is 0.285 e. The highest BCUT2D eigenvalue weighted by atomic mass is 16.2. The highest BCUT2D eigenvalue weighted by Crippen LogP contribution is 2.37. The summed E-state index contributed by atoms with van der Waals surface area (Å²) in [6.07, 6.45) is 4.04. The Morgan fingerprint density at radius 1 is 1.08 bits per heavy atom. The minimum atomic E-state index is 0.0243. The highest BCUT2D eigenvalue weighted by Gasteiger charge is 2.46. The Bertz CT molecular complexity index is 213. The number of amides is 2. The number of fused-ring (bicyclic) bond motifs is 1. The summed E-state index contributed by atoms with van der Waals surface area (Å²) in [4.78, 5) is 24.2. The molecule has 0 radical (unpaired) electrons. The first-order chi connectivity index (χ1) is 5.72. The second kappa shape index (κ2) is 2.57. The third-order valence-electron chi connectivity index (χ3n) is 3.06. The Hall–Kier alpha value is -0.860. The molecule has 0 bridgehead atoms. The molecular weight excluding hydrogens is 154 g/mol. The van der Waals surface area contributed by atoms with Crippen LogP contribution in [0, 0.1) is 11.8 Å². The Morgan fingerprint density at radius 3 is 1.92 bits per heavy atom. The van der Waals surface area contributed by atoms with Gasteiger partial charge in [-0.15, -0.1) is 0 Å². The van der Waals surface area contributed by atoms with Gasteiger partial charge in [0.15, 0.2) is 0 Å². The van der Waals surface area contributed by atoms with Crippen LogP contribution in [0.15, 0.2) is 0 Å². The number of carbonyl (C=O) groups excluding carboxylic acids is 2. The molecule has 3 nitrogen and oxygen atoms in total. The van der Waals surface area contributed by atoms with E-state index in [0.29, 0.717) is 0 Å². The molecule has 1 saturated heterocycles. The average Bonchev–Trinajstić information content (AvgIpc) is 2.33. The van der Waals surface area contributed by atoms with Crippen molar-refractivity contribution in [2.75, 3.05) is 7.05 Å². The summed E-state index contributed by atoms with van der Waals surface area (Å²) in [7, 11) is 1.60. The van der Waals surface area contributed by atoms with E-state index in [-0.39, 0.29) is 23.7 Å². The number of imide groups is 1. The third kappa shape index (κ3) is 0.886. The first-order valence-electron chi connectivity index (χ1n) is 4.53. The quantitative estimate of drug-likeness (QED) is 0.500. The van der Waals surface area contributed by atoms with Crippen LogP contribution >= 0.6 is 0 Å². The zero-order valence-corrected chi connectivity index (χ0v) is 7.25. The van der Waals surface area contributed by atoms with Crippen LogP contribution in [0.1, 0.15) is 25.7 Å². The molecule has 2 aliphatic rings. The van der Waals surface area contributed by atoms with Crippen molar-refractivity contribution in [1.82, 2.24) is 4.90 Å². The van der Waals surface area contributed by atoms with E-state index in [4.69, 9.17) is 0 Å². The lowest BCUT2D eigenvalue weighted by Gasteiger charge is -2.19. The smallest absolute Gasteiger partial charge is 0.232 e. The average molecular weight is 167 g/mol. The number of carbonyl (C=O) groups is 2. The third-order valence-corrected chi connectivity index (χ3v) is 3.06. The Labute approximate surface area is 71.7 Å². The molecule has 0 aromatic carbocycles. The van der Waals surface area contributed by atoms with E-state index in [1.807, 2.05) is 0 Å². The summed E-state index contributed by atoms with van der Waals surface area (Å²) in [5, 5.41) is 0. The normalized spacial score (nSPS) is 35.6. The molecule has 12 heavy (non-hydrogen) atoms. The van der Waals surface area contributed by atoms with E-state index in [1.165, 1.54) is 4.90 Å². The van der Waals surface area contributed by atoms with E-state index in [1.54, 1.807) is 7.05 Å². The minimum absolute atomic E-state index is 0.0243. The van der Waals surface area contributed by atoms with E-state index in [2.05, 4.69) is 0 Å². The molecule has 2 amide bonds. The predicted molar refractivity (Wildman–Crippen MR) is 43.2 cm³/mol. The zero-order valence-electron chi connectivity index (χ0n) is 7.25. The van der Waals surface area contributed by atoms with E-state index < -0.39 is 0 Å². The maximum Gasteiger partial charge on any atom is 0.232 e. The van der Waals surface area contributed by atoms with Crippen molar-refractivity contribution in [3.05, 3.63) is 0 Å². The van der Waals surface area contributed by atoms with Crippen LogP contribution in [-0.2, 0) is 9.59 Å². The maximum absolute atomic E-state index is 11.5. The van der Waals surface area contributed by atoms with Crippen LogP contribution in [0.5, 0.6) is 0 Å². The first-order valence-corrected chi connectivity index (χ1v) is 4.53. The van der Waals surface area contributed by atoms with Crippen molar-refractivity contribution in [2.24, 2.45) is 11.8 Å². The van der Waals surface area contributed by atoms with Crippen LogP contribution in [0.2, 0.25) is 0 Å². The Morgan fingerprint density at radius 2 is 1.50 bits per heavy atom. The molecule has 1 aliphatic heterocycles. The summed E-state index contributed by atoms with van der Waals surface area (Å²) >= 11 is 0. The van der Waals surface area contributed by atoms with Gasteiger partial charge in [-0.1, -0.05) is 12.8 Å². The number of nitrogens with zero attached hydrogens (tertiary/aromatic N) is 1. The molecule has 0 spiro atoms. The van der Waals surface area contributed by atoms with Crippen molar-refractivity contribution in [1.29, 1.82) is 0 Å². The molecule has 3 heteroatoms. The van der Waals surface area contributed by atoms with Crippen LogP contribution in [0.4, 0.5) is 0 Å². The van der Waals surface area contributed by atoms with Crippen molar-refractivity contribution in [3.8, 4) is 0 Å². The number of hydrogen-bond acceptors (Lipinski definition) is 2. The lowest BCUT2D eigenvalue weighted by molar-refractivity contribution is -0.138. The molecule has 1 heterocycles.